The smallest absolute Gasteiger partial charge is 0.0509 e. The Morgan fingerprint density at radius 3 is 3.27 bits per heavy atom. The molecule has 1 aromatic heterocycles. The summed E-state index contributed by atoms with van der Waals surface area (Å²) in [6.07, 6.45) is 4.82. The minimum Gasteiger partial charge on any atom is -0.292 e. The molecule has 0 aliphatic carbocycles. The molecule has 0 fully saturated rings. The maximum atomic E-state index is 4.33. The van der Waals surface area contributed by atoms with Gasteiger partial charge in [-0.25, -0.2) is 0 Å². The van der Waals surface area contributed by atoms with E-state index in [9.17, 15) is 0 Å². The minimum absolute atomic E-state index is 0.892. The fourth-order valence-corrected chi connectivity index (χ4v) is 1.27. The molecule has 0 aromatic carbocycles. The van der Waals surface area contributed by atoms with Crippen molar-refractivity contribution >= 4 is 6.21 Å². The van der Waals surface area contributed by atoms with Crippen LogP contribution in [0.15, 0.2) is 17.3 Å². The van der Waals surface area contributed by atoms with Crippen LogP contribution < -0.4 is 0 Å². The first kappa shape index (κ1) is 6.53. The van der Waals surface area contributed by atoms with Crippen LogP contribution in [0.25, 0.3) is 0 Å². The zero-order valence-electron chi connectivity index (χ0n) is 6.54. The van der Waals surface area contributed by atoms with Gasteiger partial charge in [0.05, 0.1) is 5.69 Å². The number of pyridine rings is 1. The van der Waals surface area contributed by atoms with Crippen LogP contribution >= 0.6 is 0 Å². The van der Waals surface area contributed by atoms with Crippen molar-refractivity contribution in [3.05, 3.63) is 29.1 Å². The molecular weight excluding hydrogens is 136 g/mol. The Balaban J connectivity index is 2.54. The number of rotatable bonds is 0. The van der Waals surface area contributed by atoms with Crippen molar-refractivity contribution < 1.29 is 0 Å². The van der Waals surface area contributed by atoms with Crippen molar-refractivity contribution in [2.24, 2.45) is 4.99 Å². The predicted octanol–water partition coefficient (Wildman–Crippen LogP) is 1.37. The molecule has 11 heavy (non-hydrogen) atoms. The summed E-state index contributed by atoms with van der Waals surface area (Å²) in [7, 11) is 0. The molecule has 56 valence electrons. The van der Waals surface area contributed by atoms with E-state index in [1.54, 1.807) is 0 Å². The topological polar surface area (TPSA) is 25.2 Å². The monoisotopic (exact) mass is 146 g/mol. The van der Waals surface area contributed by atoms with E-state index in [-0.39, 0.29) is 0 Å². The van der Waals surface area contributed by atoms with Gasteiger partial charge < -0.3 is 0 Å². The van der Waals surface area contributed by atoms with E-state index in [1.165, 1.54) is 16.8 Å². The number of nitrogens with zero attached hydrogens (tertiary/aromatic N) is 2. The highest BCUT2D eigenvalue weighted by Gasteiger charge is 2.04. The van der Waals surface area contributed by atoms with E-state index in [0.717, 1.165) is 13.0 Å². The van der Waals surface area contributed by atoms with Crippen molar-refractivity contribution in [1.82, 2.24) is 4.98 Å². The Kier molecular flexibility index (Phi) is 1.46. The summed E-state index contributed by atoms with van der Waals surface area (Å²) < 4.78 is 0. The van der Waals surface area contributed by atoms with Crippen molar-refractivity contribution in [3.8, 4) is 0 Å². The highest BCUT2D eigenvalue weighted by atomic mass is 14.8. The van der Waals surface area contributed by atoms with Crippen LogP contribution in [-0.4, -0.2) is 17.7 Å². The molecule has 0 saturated carbocycles. The van der Waals surface area contributed by atoms with Crippen LogP contribution in [0.4, 0.5) is 0 Å². The highest BCUT2D eigenvalue weighted by molar-refractivity contribution is 5.82. The molecule has 2 heteroatoms. The van der Waals surface area contributed by atoms with E-state index < -0.39 is 0 Å². The van der Waals surface area contributed by atoms with Gasteiger partial charge in [0.15, 0.2) is 0 Å². The summed E-state index contributed by atoms with van der Waals surface area (Å²) in [5.41, 5.74) is 3.58. The molecule has 0 spiro atoms. The SMILES string of the molecule is Cc1cnc2c(c1)C=NCC2. The van der Waals surface area contributed by atoms with Crippen molar-refractivity contribution in [3.63, 3.8) is 0 Å². The van der Waals surface area contributed by atoms with Crippen molar-refractivity contribution in [2.45, 2.75) is 13.3 Å². The Hall–Kier alpha value is -1.18. The van der Waals surface area contributed by atoms with Gasteiger partial charge in [0.2, 0.25) is 0 Å². The summed E-state index contributed by atoms with van der Waals surface area (Å²) >= 11 is 0. The predicted molar refractivity (Wildman–Crippen MR) is 45.1 cm³/mol. The largest absolute Gasteiger partial charge is 0.292 e. The van der Waals surface area contributed by atoms with Crippen molar-refractivity contribution in [2.75, 3.05) is 6.54 Å². The Bertz CT molecular complexity index is 302. The van der Waals surface area contributed by atoms with Gasteiger partial charge in [0.25, 0.3) is 0 Å². The van der Waals surface area contributed by atoms with Crippen LogP contribution in [0.1, 0.15) is 16.8 Å². The molecule has 2 heterocycles. The average molecular weight is 146 g/mol. The first-order valence-corrected chi connectivity index (χ1v) is 3.81. The third-order valence-corrected chi connectivity index (χ3v) is 1.85. The fourth-order valence-electron chi connectivity index (χ4n) is 1.27. The molecule has 0 N–H and O–H groups in total. The summed E-state index contributed by atoms with van der Waals surface area (Å²) in [4.78, 5) is 8.52. The Morgan fingerprint density at radius 1 is 1.45 bits per heavy atom. The second-order valence-electron chi connectivity index (χ2n) is 2.83. The lowest BCUT2D eigenvalue weighted by Crippen LogP contribution is -2.05. The lowest BCUT2D eigenvalue weighted by molar-refractivity contribution is 0.902. The summed E-state index contributed by atoms with van der Waals surface area (Å²) in [5, 5.41) is 0. The Labute approximate surface area is 66.0 Å². The zero-order chi connectivity index (χ0) is 7.68. The lowest BCUT2D eigenvalue weighted by Gasteiger charge is -2.08. The van der Waals surface area contributed by atoms with E-state index in [2.05, 4.69) is 23.0 Å². The molecule has 0 radical (unpaired) electrons. The van der Waals surface area contributed by atoms with Gasteiger partial charge in [-0.2, -0.15) is 0 Å². The van der Waals surface area contributed by atoms with Crippen LogP contribution in [0.3, 0.4) is 0 Å². The second kappa shape index (κ2) is 2.46. The van der Waals surface area contributed by atoms with E-state index in [1.807, 2.05) is 12.4 Å². The molecule has 0 amide bonds. The normalized spacial score (nSPS) is 14.6. The number of aromatic nitrogens is 1. The molecule has 0 saturated heterocycles. The molecule has 1 aliphatic rings. The number of hydrogen-bond donors (Lipinski definition) is 0. The standard InChI is InChI=1S/C9H10N2/c1-7-4-8-6-10-3-2-9(8)11-5-7/h4-6H,2-3H2,1H3. The van der Waals surface area contributed by atoms with Gasteiger partial charge in [-0.05, 0) is 18.6 Å². The zero-order valence-corrected chi connectivity index (χ0v) is 6.54. The summed E-state index contributed by atoms with van der Waals surface area (Å²) in [5.74, 6) is 0. The molecule has 0 bridgehead atoms. The first-order chi connectivity index (χ1) is 5.36. The van der Waals surface area contributed by atoms with E-state index >= 15 is 0 Å². The quantitative estimate of drug-likeness (QED) is 0.542. The minimum atomic E-state index is 0.892. The number of aliphatic imine (C=N–C) groups is 1. The van der Waals surface area contributed by atoms with Gasteiger partial charge in [0, 0.05) is 30.9 Å². The maximum absolute atomic E-state index is 4.33. The molecule has 2 rings (SSSR count). The van der Waals surface area contributed by atoms with Crippen molar-refractivity contribution in [1.29, 1.82) is 0 Å². The molecule has 0 atom stereocenters. The average Bonchev–Trinajstić information content (AvgIpc) is 2.04. The third kappa shape index (κ3) is 1.16. The Morgan fingerprint density at radius 2 is 2.36 bits per heavy atom. The van der Waals surface area contributed by atoms with Gasteiger partial charge in [0.1, 0.15) is 0 Å². The van der Waals surface area contributed by atoms with Crippen LogP contribution in [0.5, 0.6) is 0 Å². The second-order valence-corrected chi connectivity index (χ2v) is 2.83. The lowest BCUT2D eigenvalue weighted by atomic mass is 10.1. The third-order valence-electron chi connectivity index (χ3n) is 1.85. The van der Waals surface area contributed by atoms with E-state index in [4.69, 9.17) is 0 Å². The van der Waals surface area contributed by atoms with Gasteiger partial charge in [-0.15, -0.1) is 0 Å². The molecule has 0 unspecified atom stereocenters. The summed E-state index contributed by atoms with van der Waals surface area (Å²) in [6, 6.07) is 2.13. The number of hydrogen-bond acceptors (Lipinski definition) is 2. The number of fused-ring (bicyclic) bond motifs is 1. The maximum Gasteiger partial charge on any atom is 0.0509 e. The van der Waals surface area contributed by atoms with Gasteiger partial charge >= 0.3 is 0 Å². The van der Waals surface area contributed by atoms with Gasteiger partial charge in [-0.3, -0.25) is 9.98 Å². The van der Waals surface area contributed by atoms with Gasteiger partial charge in [-0.1, -0.05) is 0 Å². The first-order valence-electron chi connectivity index (χ1n) is 3.81. The molecular formula is C9H10N2. The highest BCUT2D eigenvalue weighted by Crippen LogP contribution is 2.10. The fraction of sp³-hybridized carbons (Fsp3) is 0.333. The van der Waals surface area contributed by atoms with Crippen LogP contribution in [0, 0.1) is 6.92 Å². The van der Waals surface area contributed by atoms with E-state index in [0.29, 0.717) is 0 Å². The number of aryl methyl sites for hydroxylation is 1. The molecule has 2 nitrogen and oxygen atoms in total. The van der Waals surface area contributed by atoms with Crippen LogP contribution in [-0.2, 0) is 6.42 Å². The molecule has 1 aromatic rings. The molecule has 1 aliphatic heterocycles. The summed E-state index contributed by atoms with van der Waals surface area (Å²) in [6.45, 7) is 2.94. The van der Waals surface area contributed by atoms with Crippen LogP contribution in [0.2, 0.25) is 0 Å².